The molecule has 1 aliphatic rings. The van der Waals surface area contributed by atoms with E-state index in [4.69, 9.17) is 0 Å². The largest absolute Gasteiger partial charge is 0.311 e. The first-order valence-electron chi connectivity index (χ1n) is 7.17. The normalized spacial score (nSPS) is 26.3. The smallest absolute Gasteiger partial charge is 0.0410 e. The summed E-state index contributed by atoms with van der Waals surface area (Å²) in [6, 6.07) is 3.36. The zero-order chi connectivity index (χ0) is 13.8. The average Bonchev–Trinajstić information content (AvgIpc) is 2.40. The van der Waals surface area contributed by atoms with Crippen molar-refractivity contribution in [3.05, 3.63) is 28.5 Å². The fraction of sp³-hybridized carbons (Fsp3) is 0.667. The minimum atomic E-state index is 0.583. The first-order chi connectivity index (χ1) is 9.10. The van der Waals surface area contributed by atoms with Gasteiger partial charge in [0.25, 0.3) is 0 Å². The van der Waals surface area contributed by atoms with E-state index >= 15 is 0 Å². The van der Waals surface area contributed by atoms with Crippen molar-refractivity contribution in [3.8, 4) is 0 Å². The predicted molar refractivity (Wildman–Crippen MR) is 83.1 cm³/mol. The summed E-state index contributed by atoms with van der Waals surface area (Å²) in [4.78, 5) is 6.82. The van der Waals surface area contributed by atoms with Gasteiger partial charge in [0.05, 0.1) is 0 Å². The van der Waals surface area contributed by atoms with Gasteiger partial charge in [-0.1, -0.05) is 20.3 Å². The molecule has 3 nitrogen and oxygen atoms in total. The molecule has 1 saturated heterocycles. The lowest BCUT2D eigenvalue weighted by Crippen LogP contribution is -2.56. The molecule has 19 heavy (non-hydrogen) atoms. The van der Waals surface area contributed by atoms with Gasteiger partial charge in [-0.15, -0.1) is 0 Å². The van der Waals surface area contributed by atoms with Crippen LogP contribution < -0.4 is 5.32 Å². The number of hydrogen-bond acceptors (Lipinski definition) is 3. The maximum absolute atomic E-state index is 4.26. The molecule has 1 N–H and O–H groups in total. The fourth-order valence-corrected chi connectivity index (χ4v) is 3.02. The van der Waals surface area contributed by atoms with Crippen LogP contribution in [0.2, 0.25) is 0 Å². The summed E-state index contributed by atoms with van der Waals surface area (Å²) in [5.74, 6) is 0.732. The molecule has 0 spiro atoms. The van der Waals surface area contributed by atoms with Gasteiger partial charge in [0.1, 0.15) is 0 Å². The Labute approximate surface area is 124 Å². The van der Waals surface area contributed by atoms with Crippen molar-refractivity contribution in [1.82, 2.24) is 15.2 Å². The number of rotatable bonds is 4. The molecule has 1 aromatic rings. The zero-order valence-corrected chi connectivity index (χ0v) is 13.7. The lowest BCUT2D eigenvalue weighted by Gasteiger charge is -2.41. The van der Waals surface area contributed by atoms with Crippen LogP contribution in [0, 0.1) is 5.92 Å². The summed E-state index contributed by atoms with van der Waals surface area (Å²) in [6.07, 6.45) is 5.04. The molecule has 0 aliphatic carbocycles. The molecule has 3 atom stereocenters. The topological polar surface area (TPSA) is 28.2 Å². The van der Waals surface area contributed by atoms with Gasteiger partial charge in [-0.3, -0.25) is 9.88 Å². The van der Waals surface area contributed by atoms with E-state index in [1.165, 1.54) is 12.0 Å². The predicted octanol–water partition coefficient (Wildman–Crippen LogP) is 3.05. The Morgan fingerprint density at radius 1 is 1.53 bits per heavy atom. The van der Waals surface area contributed by atoms with Gasteiger partial charge in [-0.05, 0) is 40.4 Å². The molecule has 1 aliphatic heterocycles. The summed E-state index contributed by atoms with van der Waals surface area (Å²) < 4.78 is 1.06. The van der Waals surface area contributed by atoms with Crippen molar-refractivity contribution in [2.24, 2.45) is 5.92 Å². The molecule has 2 heterocycles. The van der Waals surface area contributed by atoms with E-state index in [1.807, 2.05) is 12.4 Å². The highest BCUT2D eigenvalue weighted by Gasteiger charge is 2.27. The summed E-state index contributed by atoms with van der Waals surface area (Å²) >= 11 is 3.49. The van der Waals surface area contributed by atoms with Crippen LogP contribution in [-0.4, -0.2) is 35.1 Å². The molecule has 4 heteroatoms. The minimum Gasteiger partial charge on any atom is -0.311 e. The van der Waals surface area contributed by atoms with Crippen LogP contribution in [0.5, 0.6) is 0 Å². The standard InChI is InChI=1S/C15H24BrN3/c1-4-11(2)15-10-19(12(3)6-18-15)9-13-5-14(16)8-17-7-13/h5,7-8,11-12,15,18H,4,6,9-10H2,1-3H3. The van der Waals surface area contributed by atoms with Crippen molar-refractivity contribution in [3.63, 3.8) is 0 Å². The van der Waals surface area contributed by atoms with E-state index in [0.29, 0.717) is 12.1 Å². The Morgan fingerprint density at radius 2 is 2.32 bits per heavy atom. The number of pyridine rings is 1. The molecule has 3 unspecified atom stereocenters. The van der Waals surface area contributed by atoms with Gasteiger partial charge in [0, 0.05) is 48.6 Å². The third kappa shape index (κ3) is 4.01. The van der Waals surface area contributed by atoms with Crippen LogP contribution in [0.15, 0.2) is 22.9 Å². The Hall–Kier alpha value is -0.450. The maximum Gasteiger partial charge on any atom is 0.0410 e. The van der Waals surface area contributed by atoms with Gasteiger partial charge in [0.15, 0.2) is 0 Å². The maximum atomic E-state index is 4.26. The molecule has 106 valence electrons. The molecular formula is C15H24BrN3. The first-order valence-corrected chi connectivity index (χ1v) is 7.96. The van der Waals surface area contributed by atoms with Crippen LogP contribution in [0.25, 0.3) is 0 Å². The Morgan fingerprint density at radius 3 is 3.00 bits per heavy atom. The van der Waals surface area contributed by atoms with E-state index in [0.717, 1.165) is 30.0 Å². The molecule has 1 fully saturated rings. The first kappa shape index (κ1) is 14.9. The van der Waals surface area contributed by atoms with Crippen molar-refractivity contribution >= 4 is 15.9 Å². The second-order valence-corrected chi connectivity index (χ2v) is 6.61. The Bertz CT molecular complexity index is 410. The summed E-state index contributed by atoms with van der Waals surface area (Å²) in [5, 5.41) is 3.68. The van der Waals surface area contributed by atoms with Crippen LogP contribution >= 0.6 is 15.9 Å². The molecule has 0 radical (unpaired) electrons. The van der Waals surface area contributed by atoms with Crippen molar-refractivity contribution < 1.29 is 0 Å². The second-order valence-electron chi connectivity index (χ2n) is 5.69. The lowest BCUT2D eigenvalue weighted by molar-refractivity contribution is 0.111. The van der Waals surface area contributed by atoms with E-state index in [9.17, 15) is 0 Å². The molecule has 1 aromatic heterocycles. The van der Waals surface area contributed by atoms with Gasteiger partial charge < -0.3 is 5.32 Å². The van der Waals surface area contributed by atoms with Gasteiger partial charge >= 0.3 is 0 Å². The second kappa shape index (κ2) is 6.82. The number of nitrogens with zero attached hydrogens (tertiary/aromatic N) is 2. The van der Waals surface area contributed by atoms with Gasteiger partial charge in [-0.25, -0.2) is 0 Å². The molecule has 0 aromatic carbocycles. The van der Waals surface area contributed by atoms with Crippen LogP contribution in [-0.2, 0) is 6.54 Å². The van der Waals surface area contributed by atoms with Crippen molar-refractivity contribution in [2.75, 3.05) is 13.1 Å². The lowest BCUT2D eigenvalue weighted by atomic mass is 9.95. The number of piperazine rings is 1. The Balaban J connectivity index is 2.01. The number of aromatic nitrogens is 1. The van der Waals surface area contributed by atoms with Crippen molar-refractivity contribution in [1.29, 1.82) is 0 Å². The van der Waals surface area contributed by atoms with Crippen LogP contribution in [0.3, 0.4) is 0 Å². The SMILES string of the molecule is CCC(C)C1CN(Cc2cncc(Br)c2)C(C)CN1. The monoisotopic (exact) mass is 325 g/mol. The van der Waals surface area contributed by atoms with E-state index in [-0.39, 0.29) is 0 Å². The third-order valence-corrected chi connectivity index (χ3v) is 4.64. The average molecular weight is 326 g/mol. The molecule has 0 bridgehead atoms. The number of halogens is 1. The molecule has 2 rings (SSSR count). The number of nitrogens with one attached hydrogen (secondary N) is 1. The number of hydrogen-bond donors (Lipinski definition) is 1. The van der Waals surface area contributed by atoms with E-state index < -0.39 is 0 Å². The molecule has 0 saturated carbocycles. The van der Waals surface area contributed by atoms with E-state index in [1.54, 1.807) is 0 Å². The summed E-state index contributed by atoms with van der Waals surface area (Å²) in [6.45, 7) is 10.1. The molecule has 0 amide bonds. The van der Waals surface area contributed by atoms with Crippen LogP contribution in [0.4, 0.5) is 0 Å². The fourth-order valence-electron chi connectivity index (χ4n) is 2.61. The highest BCUT2D eigenvalue weighted by Crippen LogP contribution is 2.18. The quantitative estimate of drug-likeness (QED) is 0.922. The summed E-state index contributed by atoms with van der Waals surface area (Å²) in [5.41, 5.74) is 1.28. The highest BCUT2D eigenvalue weighted by atomic mass is 79.9. The summed E-state index contributed by atoms with van der Waals surface area (Å²) in [7, 11) is 0. The van der Waals surface area contributed by atoms with Crippen molar-refractivity contribution in [2.45, 2.75) is 45.8 Å². The van der Waals surface area contributed by atoms with Gasteiger partial charge in [0.2, 0.25) is 0 Å². The highest BCUT2D eigenvalue weighted by molar-refractivity contribution is 9.10. The third-order valence-electron chi connectivity index (χ3n) is 4.21. The van der Waals surface area contributed by atoms with Gasteiger partial charge in [-0.2, -0.15) is 0 Å². The Kier molecular flexibility index (Phi) is 5.37. The minimum absolute atomic E-state index is 0.583. The zero-order valence-electron chi connectivity index (χ0n) is 12.1. The van der Waals surface area contributed by atoms with Crippen LogP contribution in [0.1, 0.15) is 32.8 Å². The van der Waals surface area contributed by atoms with E-state index in [2.05, 4.69) is 58.0 Å². The molecular weight excluding hydrogens is 302 g/mol.